The summed E-state index contributed by atoms with van der Waals surface area (Å²) in [5.74, 6) is -0.147. The van der Waals surface area contributed by atoms with E-state index in [1.165, 1.54) is 7.11 Å². The molecule has 7 nitrogen and oxygen atoms in total. The van der Waals surface area contributed by atoms with Crippen molar-refractivity contribution < 1.29 is 14.3 Å². The fraction of sp³-hybridized carbons (Fsp3) is 0.357. The minimum absolute atomic E-state index is 0. The van der Waals surface area contributed by atoms with E-state index < -0.39 is 6.09 Å². The number of para-hydroxylation sites is 2. The highest BCUT2D eigenvalue weighted by Gasteiger charge is 2.16. The van der Waals surface area contributed by atoms with Crippen molar-refractivity contribution in [1.82, 2.24) is 10.2 Å². The van der Waals surface area contributed by atoms with Crippen molar-refractivity contribution in [2.75, 3.05) is 31.8 Å². The summed E-state index contributed by atoms with van der Waals surface area (Å²) in [6.07, 6.45) is -0.666. The standard InChI is InChI=1S/C14H20N4O3S.ClH/c1-9(18(2)3)12(19)15-10-7-5-6-8-11(10)16-13(22)17-14(20)21-4;/h5-9H,1-4H3,(H,15,19)(H2,16,17,20,22);1H. The molecule has 0 spiro atoms. The van der Waals surface area contributed by atoms with E-state index in [0.29, 0.717) is 11.4 Å². The van der Waals surface area contributed by atoms with Gasteiger partial charge in [-0.15, -0.1) is 12.4 Å². The van der Waals surface area contributed by atoms with Gasteiger partial charge < -0.3 is 15.4 Å². The lowest BCUT2D eigenvalue weighted by Gasteiger charge is -2.20. The van der Waals surface area contributed by atoms with E-state index in [4.69, 9.17) is 12.2 Å². The number of hydrogen-bond donors (Lipinski definition) is 3. The Bertz CT molecular complexity index is 569. The highest BCUT2D eigenvalue weighted by atomic mass is 35.5. The molecule has 23 heavy (non-hydrogen) atoms. The quantitative estimate of drug-likeness (QED) is 0.713. The third-order valence-corrected chi connectivity index (χ3v) is 3.19. The average molecular weight is 361 g/mol. The first-order valence-corrected chi connectivity index (χ1v) is 6.98. The van der Waals surface area contributed by atoms with Crippen LogP contribution in [-0.2, 0) is 9.53 Å². The molecule has 0 bridgehead atoms. The number of alkyl carbamates (subject to hydrolysis) is 1. The Balaban J connectivity index is 0.00000484. The van der Waals surface area contributed by atoms with Crippen LogP contribution in [0, 0.1) is 0 Å². The SMILES string of the molecule is COC(=O)NC(=S)Nc1ccccc1NC(=O)C(C)N(C)C.Cl. The number of nitrogens with one attached hydrogen (secondary N) is 3. The van der Waals surface area contributed by atoms with E-state index in [0.717, 1.165) is 0 Å². The molecular weight excluding hydrogens is 340 g/mol. The number of hydrogen-bond acceptors (Lipinski definition) is 5. The summed E-state index contributed by atoms with van der Waals surface area (Å²) in [5.41, 5.74) is 1.14. The Morgan fingerprint density at radius 1 is 1.17 bits per heavy atom. The highest BCUT2D eigenvalue weighted by Crippen LogP contribution is 2.21. The van der Waals surface area contributed by atoms with Crippen molar-refractivity contribution in [3.05, 3.63) is 24.3 Å². The number of benzene rings is 1. The lowest BCUT2D eigenvalue weighted by atomic mass is 10.2. The zero-order valence-electron chi connectivity index (χ0n) is 13.4. The van der Waals surface area contributed by atoms with E-state index >= 15 is 0 Å². The molecule has 0 radical (unpaired) electrons. The topological polar surface area (TPSA) is 82.7 Å². The molecule has 1 aromatic carbocycles. The summed E-state index contributed by atoms with van der Waals surface area (Å²) in [6, 6.07) is 6.77. The Morgan fingerprint density at radius 3 is 2.17 bits per heavy atom. The zero-order chi connectivity index (χ0) is 16.7. The smallest absolute Gasteiger partial charge is 0.413 e. The Kier molecular flexibility index (Phi) is 9.16. The number of halogens is 1. The summed E-state index contributed by atoms with van der Waals surface area (Å²) in [4.78, 5) is 25.0. The van der Waals surface area contributed by atoms with Gasteiger partial charge in [-0.25, -0.2) is 4.79 Å². The fourth-order valence-corrected chi connectivity index (χ4v) is 1.66. The number of likely N-dealkylation sites (N-methyl/N-ethyl adjacent to an activating group) is 1. The van der Waals surface area contributed by atoms with Gasteiger partial charge in [0, 0.05) is 0 Å². The van der Waals surface area contributed by atoms with Crippen molar-refractivity contribution >= 4 is 53.1 Å². The second kappa shape index (κ2) is 9.98. The normalized spacial score (nSPS) is 11.0. The number of nitrogens with zero attached hydrogens (tertiary/aromatic N) is 1. The predicted octanol–water partition coefficient (Wildman–Crippen LogP) is 2.05. The van der Waals surface area contributed by atoms with Crippen molar-refractivity contribution in [3.8, 4) is 0 Å². The first kappa shape index (κ1) is 21.1. The van der Waals surface area contributed by atoms with Crippen LogP contribution < -0.4 is 16.0 Å². The van der Waals surface area contributed by atoms with Gasteiger partial charge in [-0.2, -0.15) is 0 Å². The monoisotopic (exact) mass is 360 g/mol. The third-order valence-electron chi connectivity index (χ3n) is 2.99. The van der Waals surface area contributed by atoms with Gasteiger partial charge in [0.25, 0.3) is 0 Å². The van der Waals surface area contributed by atoms with Crippen LogP contribution in [0.3, 0.4) is 0 Å². The molecule has 0 aliphatic carbocycles. The summed E-state index contributed by atoms with van der Waals surface area (Å²) < 4.78 is 4.46. The minimum atomic E-state index is -0.666. The number of ether oxygens (including phenoxy) is 1. The van der Waals surface area contributed by atoms with Crippen LogP contribution in [0.2, 0.25) is 0 Å². The predicted molar refractivity (Wildman–Crippen MR) is 97.2 cm³/mol. The third kappa shape index (κ3) is 6.81. The van der Waals surface area contributed by atoms with Gasteiger partial charge >= 0.3 is 6.09 Å². The largest absolute Gasteiger partial charge is 0.453 e. The van der Waals surface area contributed by atoms with Crippen LogP contribution in [0.4, 0.5) is 16.2 Å². The second-order valence-electron chi connectivity index (χ2n) is 4.75. The molecule has 0 saturated carbocycles. The summed E-state index contributed by atoms with van der Waals surface area (Å²) in [7, 11) is 4.89. The summed E-state index contributed by atoms with van der Waals surface area (Å²) in [6.45, 7) is 1.80. The molecule has 0 aliphatic heterocycles. The maximum atomic E-state index is 12.1. The molecule has 0 aromatic heterocycles. The minimum Gasteiger partial charge on any atom is -0.453 e. The van der Waals surface area contributed by atoms with Crippen LogP contribution in [-0.4, -0.2) is 49.3 Å². The Labute approximate surface area is 147 Å². The van der Waals surface area contributed by atoms with E-state index in [1.807, 2.05) is 14.1 Å². The van der Waals surface area contributed by atoms with Crippen LogP contribution >= 0.6 is 24.6 Å². The molecule has 9 heteroatoms. The maximum absolute atomic E-state index is 12.1. The van der Waals surface area contributed by atoms with E-state index in [9.17, 15) is 9.59 Å². The molecule has 0 saturated heterocycles. The molecule has 128 valence electrons. The number of amides is 2. The van der Waals surface area contributed by atoms with Gasteiger partial charge in [0.2, 0.25) is 5.91 Å². The van der Waals surface area contributed by atoms with E-state index in [2.05, 4.69) is 20.7 Å². The molecule has 1 atom stereocenters. The molecule has 0 fully saturated rings. The first-order chi connectivity index (χ1) is 10.3. The molecule has 1 rings (SSSR count). The Morgan fingerprint density at radius 2 is 1.70 bits per heavy atom. The number of carbonyl (C=O) groups excluding carboxylic acids is 2. The summed E-state index contributed by atoms with van der Waals surface area (Å²) >= 11 is 5.00. The lowest BCUT2D eigenvalue weighted by molar-refractivity contribution is -0.119. The fourth-order valence-electron chi connectivity index (χ4n) is 1.47. The number of thiocarbonyl (C=S) groups is 1. The number of anilines is 2. The molecule has 0 aliphatic rings. The van der Waals surface area contributed by atoms with Crippen LogP contribution in [0.5, 0.6) is 0 Å². The van der Waals surface area contributed by atoms with Crippen molar-refractivity contribution in [2.45, 2.75) is 13.0 Å². The van der Waals surface area contributed by atoms with E-state index in [1.54, 1.807) is 36.1 Å². The van der Waals surface area contributed by atoms with Crippen molar-refractivity contribution in [1.29, 1.82) is 0 Å². The second-order valence-corrected chi connectivity index (χ2v) is 5.15. The van der Waals surface area contributed by atoms with Crippen molar-refractivity contribution in [3.63, 3.8) is 0 Å². The van der Waals surface area contributed by atoms with Crippen LogP contribution in [0.25, 0.3) is 0 Å². The first-order valence-electron chi connectivity index (χ1n) is 6.57. The van der Waals surface area contributed by atoms with Crippen LogP contribution in [0.15, 0.2) is 24.3 Å². The number of methoxy groups -OCH3 is 1. The van der Waals surface area contributed by atoms with Gasteiger partial charge in [-0.1, -0.05) is 12.1 Å². The van der Waals surface area contributed by atoms with Gasteiger partial charge in [0.1, 0.15) is 0 Å². The van der Waals surface area contributed by atoms with Gasteiger partial charge in [0.05, 0.1) is 24.5 Å². The maximum Gasteiger partial charge on any atom is 0.413 e. The molecule has 0 heterocycles. The Hall–Kier alpha value is -1.90. The molecular formula is C14H21ClN4O3S. The van der Waals surface area contributed by atoms with Crippen LogP contribution in [0.1, 0.15) is 6.92 Å². The lowest BCUT2D eigenvalue weighted by Crippen LogP contribution is -2.37. The molecule has 1 aromatic rings. The molecule has 1 unspecified atom stereocenters. The average Bonchev–Trinajstić information content (AvgIpc) is 2.47. The van der Waals surface area contributed by atoms with Crippen molar-refractivity contribution in [2.24, 2.45) is 0 Å². The number of rotatable bonds is 4. The molecule has 2 amide bonds. The number of carbonyl (C=O) groups is 2. The molecule has 3 N–H and O–H groups in total. The van der Waals surface area contributed by atoms with E-state index in [-0.39, 0.29) is 29.5 Å². The summed E-state index contributed by atoms with van der Waals surface area (Å²) in [5, 5.41) is 8.07. The van der Waals surface area contributed by atoms with Gasteiger partial charge in [-0.3, -0.25) is 15.0 Å². The van der Waals surface area contributed by atoms with Gasteiger partial charge in [-0.05, 0) is 45.4 Å². The zero-order valence-corrected chi connectivity index (χ0v) is 15.0. The highest BCUT2D eigenvalue weighted by molar-refractivity contribution is 7.80. The van der Waals surface area contributed by atoms with Gasteiger partial charge in [0.15, 0.2) is 5.11 Å².